The van der Waals surface area contributed by atoms with E-state index in [1.165, 1.54) is 23.1 Å². The number of halogens is 1. The van der Waals surface area contributed by atoms with Gasteiger partial charge in [0.2, 0.25) is 11.8 Å². The van der Waals surface area contributed by atoms with Crippen molar-refractivity contribution in [1.29, 1.82) is 0 Å². The van der Waals surface area contributed by atoms with Gasteiger partial charge in [0.15, 0.2) is 5.82 Å². The number of carbonyl (C=O) groups is 2. The highest BCUT2D eigenvalue weighted by atomic mass is 35.5. The summed E-state index contributed by atoms with van der Waals surface area (Å²) in [6, 6.07) is 5.34. The van der Waals surface area contributed by atoms with E-state index < -0.39 is 0 Å². The van der Waals surface area contributed by atoms with Crippen LogP contribution in [0.1, 0.15) is 10.6 Å². The van der Waals surface area contributed by atoms with Crippen LogP contribution >= 0.6 is 34.7 Å². The van der Waals surface area contributed by atoms with Gasteiger partial charge >= 0.3 is 0 Å². The van der Waals surface area contributed by atoms with Crippen LogP contribution in [0.4, 0.5) is 5.82 Å². The number of aromatic nitrogens is 1. The third-order valence-electron chi connectivity index (χ3n) is 2.80. The number of thiophene rings is 1. The lowest BCUT2D eigenvalue weighted by Gasteiger charge is -2.15. The highest BCUT2D eigenvalue weighted by Crippen LogP contribution is 2.22. The average Bonchev–Trinajstić information content (AvgIpc) is 3.07. The summed E-state index contributed by atoms with van der Waals surface area (Å²) < 4.78 is 5.56. The minimum absolute atomic E-state index is 0.0374. The van der Waals surface area contributed by atoms with E-state index in [2.05, 4.69) is 10.5 Å². The van der Waals surface area contributed by atoms with Gasteiger partial charge in [-0.25, -0.2) is 0 Å². The van der Waals surface area contributed by atoms with E-state index >= 15 is 0 Å². The van der Waals surface area contributed by atoms with Gasteiger partial charge in [0.1, 0.15) is 5.76 Å². The lowest BCUT2D eigenvalue weighted by atomic mass is 10.4. The number of hydrogen-bond donors (Lipinski definition) is 1. The number of nitrogens with one attached hydrogen (secondary N) is 1. The zero-order valence-corrected chi connectivity index (χ0v) is 15.1. The van der Waals surface area contributed by atoms with Crippen molar-refractivity contribution in [3.05, 3.63) is 33.2 Å². The first kappa shape index (κ1) is 17.8. The lowest BCUT2D eigenvalue weighted by molar-refractivity contribution is -0.127. The Kier molecular flexibility index (Phi) is 6.49. The Labute approximate surface area is 147 Å². The maximum absolute atomic E-state index is 12.0. The Morgan fingerprint density at radius 1 is 1.43 bits per heavy atom. The van der Waals surface area contributed by atoms with Crippen molar-refractivity contribution in [1.82, 2.24) is 10.1 Å². The molecule has 9 heteroatoms. The largest absolute Gasteiger partial charge is 0.360 e. The van der Waals surface area contributed by atoms with Gasteiger partial charge in [-0.2, -0.15) is 0 Å². The number of aryl methyl sites for hydroxylation is 1. The van der Waals surface area contributed by atoms with Gasteiger partial charge in [0, 0.05) is 18.0 Å². The summed E-state index contributed by atoms with van der Waals surface area (Å²) in [6.45, 7) is 2.26. The van der Waals surface area contributed by atoms with E-state index in [4.69, 9.17) is 16.1 Å². The third kappa shape index (κ3) is 5.89. The summed E-state index contributed by atoms with van der Waals surface area (Å²) in [6.07, 6.45) is 0. The molecule has 0 atom stereocenters. The Morgan fingerprint density at radius 2 is 2.22 bits per heavy atom. The molecule has 0 radical (unpaired) electrons. The number of amides is 2. The second-order valence-corrected chi connectivity index (χ2v) is 7.60. The van der Waals surface area contributed by atoms with Crippen LogP contribution in [0.25, 0.3) is 0 Å². The van der Waals surface area contributed by atoms with E-state index in [1.54, 1.807) is 24.9 Å². The van der Waals surface area contributed by atoms with Gasteiger partial charge in [-0.15, -0.1) is 23.1 Å². The Bertz CT molecular complexity index is 686. The molecule has 0 unspecified atom stereocenters. The maximum atomic E-state index is 12.0. The first-order valence-electron chi connectivity index (χ1n) is 6.73. The zero-order valence-electron chi connectivity index (χ0n) is 12.7. The molecule has 0 aliphatic rings. The fourth-order valence-corrected chi connectivity index (χ4v) is 3.60. The molecule has 2 aromatic rings. The molecule has 2 heterocycles. The fraction of sp³-hybridized carbons (Fsp3) is 0.357. The molecule has 2 amide bonds. The average molecular weight is 374 g/mol. The summed E-state index contributed by atoms with van der Waals surface area (Å²) in [5.74, 6) is 1.16. The molecule has 0 aliphatic heterocycles. The van der Waals surface area contributed by atoms with Gasteiger partial charge in [-0.1, -0.05) is 16.8 Å². The Morgan fingerprint density at radius 3 is 2.83 bits per heavy atom. The number of hydrogen-bond acceptors (Lipinski definition) is 6. The van der Waals surface area contributed by atoms with E-state index in [9.17, 15) is 9.59 Å². The van der Waals surface area contributed by atoms with Crippen LogP contribution in [0.15, 0.2) is 22.7 Å². The van der Waals surface area contributed by atoms with Gasteiger partial charge in [-0.3, -0.25) is 9.59 Å². The van der Waals surface area contributed by atoms with E-state index in [0.29, 0.717) is 22.5 Å². The molecule has 0 saturated heterocycles. The quantitative estimate of drug-likeness (QED) is 0.807. The number of anilines is 1. The fourth-order valence-electron chi connectivity index (χ4n) is 1.70. The molecule has 2 rings (SSSR count). The zero-order chi connectivity index (χ0) is 16.8. The molecule has 124 valence electrons. The van der Waals surface area contributed by atoms with Gasteiger partial charge in [-0.05, 0) is 19.1 Å². The summed E-state index contributed by atoms with van der Waals surface area (Å²) in [5, 5.41) is 6.28. The standard InChI is InChI=1S/C14H16ClN3O3S2/c1-9-5-12(17-21-9)16-13(19)7-22-8-14(20)18(2)6-10-3-4-11(15)23-10/h3-5H,6-8H2,1-2H3,(H,16,17,19). The van der Waals surface area contributed by atoms with Crippen LogP contribution in [0.5, 0.6) is 0 Å². The van der Waals surface area contributed by atoms with Gasteiger partial charge in [0.05, 0.1) is 22.4 Å². The van der Waals surface area contributed by atoms with Crippen LogP contribution in [-0.2, 0) is 16.1 Å². The van der Waals surface area contributed by atoms with Crippen molar-refractivity contribution < 1.29 is 14.1 Å². The minimum Gasteiger partial charge on any atom is -0.360 e. The van der Waals surface area contributed by atoms with Crippen molar-refractivity contribution >= 4 is 52.3 Å². The molecule has 2 aromatic heterocycles. The van der Waals surface area contributed by atoms with Gasteiger partial charge in [0.25, 0.3) is 0 Å². The number of nitrogens with zero attached hydrogens (tertiary/aromatic N) is 2. The topological polar surface area (TPSA) is 75.4 Å². The SMILES string of the molecule is Cc1cc(NC(=O)CSCC(=O)N(C)Cc2ccc(Cl)s2)no1. The van der Waals surface area contributed by atoms with Crippen molar-refractivity contribution in [2.24, 2.45) is 0 Å². The molecule has 0 bridgehead atoms. The van der Waals surface area contributed by atoms with Crippen molar-refractivity contribution in [2.75, 3.05) is 23.9 Å². The number of carbonyl (C=O) groups excluding carboxylic acids is 2. The second kappa shape index (κ2) is 8.37. The molecule has 0 aromatic carbocycles. The molecule has 0 saturated carbocycles. The van der Waals surface area contributed by atoms with Crippen LogP contribution in [-0.4, -0.2) is 40.4 Å². The lowest BCUT2D eigenvalue weighted by Crippen LogP contribution is -2.28. The normalized spacial score (nSPS) is 10.6. The molecular formula is C14H16ClN3O3S2. The Balaban J connectivity index is 1.68. The van der Waals surface area contributed by atoms with Gasteiger partial charge < -0.3 is 14.7 Å². The smallest absolute Gasteiger partial charge is 0.235 e. The minimum atomic E-state index is -0.219. The highest BCUT2D eigenvalue weighted by Gasteiger charge is 2.12. The van der Waals surface area contributed by atoms with E-state index in [0.717, 1.165) is 4.88 Å². The maximum Gasteiger partial charge on any atom is 0.235 e. The van der Waals surface area contributed by atoms with Crippen LogP contribution < -0.4 is 5.32 Å². The summed E-state index contributed by atoms with van der Waals surface area (Å²) >= 11 is 8.57. The molecular weight excluding hydrogens is 358 g/mol. The number of rotatable bonds is 7. The predicted molar refractivity (Wildman–Crippen MR) is 93.0 cm³/mol. The third-order valence-corrected chi connectivity index (χ3v) is 4.94. The van der Waals surface area contributed by atoms with E-state index in [-0.39, 0.29) is 23.3 Å². The predicted octanol–water partition coefficient (Wildman–Crippen LogP) is 3.03. The summed E-state index contributed by atoms with van der Waals surface area (Å²) in [4.78, 5) is 26.4. The first-order chi connectivity index (χ1) is 10.9. The van der Waals surface area contributed by atoms with Crippen LogP contribution in [0.2, 0.25) is 4.34 Å². The molecule has 23 heavy (non-hydrogen) atoms. The summed E-state index contributed by atoms with van der Waals surface area (Å²) in [7, 11) is 1.73. The van der Waals surface area contributed by atoms with E-state index in [1.807, 2.05) is 12.1 Å². The molecule has 1 N–H and O–H groups in total. The van der Waals surface area contributed by atoms with Crippen LogP contribution in [0.3, 0.4) is 0 Å². The first-order valence-corrected chi connectivity index (χ1v) is 9.08. The Hall–Kier alpha value is -1.51. The van der Waals surface area contributed by atoms with Crippen molar-refractivity contribution in [3.8, 4) is 0 Å². The molecule has 6 nitrogen and oxygen atoms in total. The van der Waals surface area contributed by atoms with Crippen LogP contribution in [0, 0.1) is 6.92 Å². The summed E-state index contributed by atoms with van der Waals surface area (Å²) in [5.41, 5.74) is 0. The van der Waals surface area contributed by atoms with Crippen molar-refractivity contribution in [3.63, 3.8) is 0 Å². The molecule has 0 fully saturated rings. The van der Waals surface area contributed by atoms with Crippen molar-refractivity contribution in [2.45, 2.75) is 13.5 Å². The molecule has 0 spiro atoms. The number of thioether (sulfide) groups is 1. The highest BCUT2D eigenvalue weighted by molar-refractivity contribution is 8.00. The molecule has 0 aliphatic carbocycles. The second-order valence-electron chi connectivity index (χ2n) is 4.82. The monoisotopic (exact) mass is 373 g/mol.